The summed E-state index contributed by atoms with van der Waals surface area (Å²) >= 11 is 0. The van der Waals surface area contributed by atoms with Crippen LogP contribution in [-0.4, -0.2) is 29.9 Å². The largest absolute Gasteiger partial charge is 0.329 e. The van der Waals surface area contributed by atoms with Crippen LogP contribution in [0.2, 0.25) is 0 Å². The number of hydrogen-bond acceptors (Lipinski definition) is 2. The molecule has 0 spiro atoms. The molecule has 1 rings (SSSR count). The number of hydrogen-bond donors (Lipinski definition) is 1. The van der Waals surface area contributed by atoms with Crippen molar-refractivity contribution in [3.63, 3.8) is 0 Å². The zero-order chi connectivity index (χ0) is 10.1. The van der Waals surface area contributed by atoms with Crippen LogP contribution in [0.3, 0.4) is 0 Å². The minimum absolute atomic E-state index is 0.0112. The maximum atomic E-state index is 11.2. The quantitative estimate of drug-likeness (QED) is 0.664. The average molecular weight is 184 g/mol. The van der Waals surface area contributed by atoms with Crippen LogP contribution in [-0.2, 0) is 4.79 Å². The molecule has 1 saturated heterocycles. The number of nitrogens with zero attached hydrogens (tertiary/aromatic N) is 1. The molecule has 0 aliphatic carbocycles. The molecule has 0 saturated carbocycles. The number of carbonyl (C=O) groups excluding carboxylic acids is 2. The molecule has 4 heteroatoms. The van der Waals surface area contributed by atoms with Gasteiger partial charge in [-0.3, -0.25) is 9.69 Å². The third-order valence-corrected chi connectivity index (χ3v) is 2.48. The molecule has 0 unspecified atom stereocenters. The van der Waals surface area contributed by atoms with Crippen LogP contribution in [0.1, 0.15) is 27.2 Å². The van der Waals surface area contributed by atoms with Crippen molar-refractivity contribution in [3.05, 3.63) is 0 Å². The van der Waals surface area contributed by atoms with E-state index in [1.165, 1.54) is 4.90 Å². The van der Waals surface area contributed by atoms with Crippen LogP contribution in [0.5, 0.6) is 0 Å². The monoisotopic (exact) mass is 184 g/mol. The lowest BCUT2D eigenvalue weighted by Gasteiger charge is -2.26. The lowest BCUT2D eigenvalue weighted by Crippen LogP contribution is -2.38. The second-order valence-corrected chi connectivity index (χ2v) is 4.16. The van der Waals surface area contributed by atoms with Crippen LogP contribution in [0.15, 0.2) is 0 Å². The van der Waals surface area contributed by atoms with E-state index < -0.39 is 0 Å². The van der Waals surface area contributed by atoms with Gasteiger partial charge in [0.2, 0.25) is 5.91 Å². The Kier molecular flexibility index (Phi) is 2.59. The summed E-state index contributed by atoms with van der Waals surface area (Å²) in [4.78, 5) is 23.7. The predicted molar refractivity (Wildman–Crippen MR) is 49.2 cm³/mol. The molecule has 0 aromatic rings. The van der Waals surface area contributed by atoms with E-state index in [1.807, 2.05) is 13.8 Å². The molecule has 0 bridgehead atoms. The normalized spacial score (nSPS) is 17.9. The van der Waals surface area contributed by atoms with Gasteiger partial charge in [-0.15, -0.1) is 0 Å². The van der Waals surface area contributed by atoms with E-state index in [1.54, 1.807) is 0 Å². The number of nitrogens with one attached hydrogen (secondary N) is 1. The van der Waals surface area contributed by atoms with Crippen molar-refractivity contribution in [2.75, 3.05) is 13.1 Å². The second-order valence-electron chi connectivity index (χ2n) is 4.16. The molecule has 0 aromatic carbocycles. The van der Waals surface area contributed by atoms with Crippen LogP contribution in [0, 0.1) is 5.41 Å². The topological polar surface area (TPSA) is 49.4 Å². The fourth-order valence-electron chi connectivity index (χ4n) is 1.16. The lowest BCUT2D eigenvalue weighted by molar-refractivity contribution is -0.125. The van der Waals surface area contributed by atoms with Crippen LogP contribution >= 0.6 is 0 Å². The molecule has 1 aliphatic heterocycles. The van der Waals surface area contributed by atoms with E-state index >= 15 is 0 Å². The molecule has 1 aliphatic rings. The molecule has 0 atom stereocenters. The Hall–Kier alpha value is -1.06. The van der Waals surface area contributed by atoms with Crippen molar-refractivity contribution < 1.29 is 9.59 Å². The zero-order valence-corrected chi connectivity index (χ0v) is 8.39. The number of carbonyl (C=O) groups is 2. The standard InChI is InChI=1S/C9H16N2O2/c1-4-9(2,3)6-11-7(12)5-10-8(11)13/h4-6H2,1-3H3,(H,10,13). The minimum Gasteiger partial charge on any atom is -0.329 e. The third kappa shape index (κ3) is 2.20. The van der Waals surface area contributed by atoms with Crippen LogP contribution in [0.25, 0.3) is 0 Å². The highest BCUT2D eigenvalue weighted by Crippen LogP contribution is 2.22. The van der Waals surface area contributed by atoms with Crippen molar-refractivity contribution >= 4 is 11.9 Å². The summed E-state index contributed by atoms with van der Waals surface area (Å²) in [6.45, 7) is 6.81. The highest BCUT2D eigenvalue weighted by atomic mass is 16.2. The van der Waals surface area contributed by atoms with E-state index in [0.717, 1.165) is 6.42 Å². The summed E-state index contributed by atoms with van der Waals surface area (Å²) in [5.74, 6) is -0.119. The Morgan fingerprint density at radius 3 is 2.46 bits per heavy atom. The molecule has 4 nitrogen and oxygen atoms in total. The van der Waals surface area contributed by atoms with E-state index in [-0.39, 0.29) is 23.9 Å². The Morgan fingerprint density at radius 1 is 1.46 bits per heavy atom. The third-order valence-electron chi connectivity index (χ3n) is 2.48. The second kappa shape index (κ2) is 3.36. The zero-order valence-electron chi connectivity index (χ0n) is 8.39. The highest BCUT2D eigenvalue weighted by molar-refractivity contribution is 6.01. The van der Waals surface area contributed by atoms with Crippen molar-refractivity contribution in [2.45, 2.75) is 27.2 Å². The van der Waals surface area contributed by atoms with Crippen molar-refractivity contribution in [1.29, 1.82) is 0 Å². The molecule has 13 heavy (non-hydrogen) atoms. The summed E-state index contributed by atoms with van der Waals surface area (Å²) < 4.78 is 0. The smallest absolute Gasteiger partial charge is 0.324 e. The Bertz CT molecular complexity index is 220. The number of imide groups is 1. The molecular weight excluding hydrogens is 168 g/mol. The minimum atomic E-state index is -0.258. The summed E-state index contributed by atoms with van der Waals surface area (Å²) in [5, 5.41) is 2.50. The van der Waals surface area contributed by atoms with Gasteiger partial charge in [-0.1, -0.05) is 20.8 Å². The van der Waals surface area contributed by atoms with Gasteiger partial charge in [0.25, 0.3) is 0 Å². The van der Waals surface area contributed by atoms with Gasteiger partial charge < -0.3 is 5.32 Å². The van der Waals surface area contributed by atoms with Gasteiger partial charge in [-0.25, -0.2) is 4.79 Å². The van der Waals surface area contributed by atoms with Crippen LogP contribution < -0.4 is 5.32 Å². The summed E-state index contributed by atoms with van der Waals surface area (Å²) in [7, 11) is 0. The number of amides is 3. The lowest BCUT2D eigenvalue weighted by atomic mass is 9.90. The van der Waals surface area contributed by atoms with Gasteiger partial charge in [-0.2, -0.15) is 0 Å². The van der Waals surface area contributed by atoms with Crippen LogP contribution in [0.4, 0.5) is 4.79 Å². The van der Waals surface area contributed by atoms with Gasteiger partial charge in [0.1, 0.15) is 0 Å². The highest BCUT2D eigenvalue weighted by Gasteiger charge is 2.32. The van der Waals surface area contributed by atoms with E-state index in [0.29, 0.717) is 6.54 Å². The Morgan fingerprint density at radius 2 is 2.08 bits per heavy atom. The summed E-state index contributed by atoms with van der Waals surface area (Å²) in [6.07, 6.45) is 0.948. The number of rotatable bonds is 3. The Labute approximate surface area is 78.3 Å². The van der Waals surface area contributed by atoms with E-state index in [9.17, 15) is 9.59 Å². The van der Waals surface area contributed by atoms with Gasteiger partial charge in [0, 0.05) is 6.54 Å². The SMILES string of the molecule is CCC(C)(C)CN1C(=O)CNC1=O. The molecular formula is C9H16N2O2. The van der Waals surface area contributed by atoms with Gasteiger partial charge in [0.05, 0.1) is 6.54 Å². The fourth-order valence-corrected chi connectivity index (χ4v) is 1.16. The maximum absolute atomic E-state index is 11.2. The maximum Gasteiger partial charge on any atom is 0.324 e. The predicted octanol–water partition coefficient (Wildman–Crippen LogP) is 0.974. The van der Waals surface area contributed by atoms with Crippen molar-refractivity contribution in [2.24, 2.45) is 5.41 Å². The average Bonchev–Trinajstić information content (AvgIpc) is 2.36. The molecule has 3 amide bonds. The molecule has 1 N–H and O–H groups in total. The number of urea groups is 1. The van der Waals surface area contributed by atoms with Crippen molar-refractivity contribution in [1.82, 2.24) is 10.2 Å². The molecule has 74 valence electrons. The van der Waals surface area contributed by atoms with E-state index in [2.05, 4.69) is 12.2 Å². The summed E-state index contributed by atoms with van der Waals surface area (Å²) in [5.41, 5.74) is 0.0112. The first kappa shape index (κ1) is 10.0. The van der Waals surface area contributed by atoms with Gasteiger partial charge in [0.15, 0.2) is 0 Å². The molecule has 1 fully saturated rings. The molecule has 1 heterocycles. The first-order valence-corrected chi connectivity index (χ1v) is 4.54. The summed E-state index contributed by atoms with van der Waals surface area (Å²) in [6, 6.07) is -0.258. The van der Waals surface area contributed by atoms with E-state index in [4.69, 9.17) is 0 Å². The first-order valence-electron chi connectivity index (χ1n) is 4.54. The van der Waals surface area contributed by atoms with Gasteiger partial charge in [-0.05, 0) is 11.8 Å². The first-order chi connectivity index (χ1) is 5.96. The molecule has 0 aromatic heterocycles. The van der Waals surface area contributed by atoms with Gasteiger partial charge >= 0.3 is 6.03 Å². The Balaban J connectivity index is 2.62. The van der Waals surface area contributed by atoms with Crippen molar-refractivity contribution in [3.8, 4) is 0 Å². The fraction of sp³-hybridized carbons (Fsp3) is 0.778. The molecule has 0 radical (unpaired) electrons.